The van der Waals surface area contributed by atoms with Gasteiger partial charge < -0.3 is 20.1 Å². The van der Waals surface area contributed by atoms with Gasteiger partial charge in [0.15, 0.2) is 0 Å². The number of aliphatic imine (C=N–C) groups is 1. The molecule has 1 aliphatic carbocycles. The van der Waals surface area contributed by atoms with E-state index < -0.39 is 5.92 Å². The van der Waals surface area contributed by atoms with Crippen LogP contribution in [0.3, 0.4) is 0 Å². The molecule has 3 aromatic rings. The number of carbonyl (C=O) groups excluding carboxylic acids is 4. The topological polar surface area (TPSA) is 128 Å². The molecule has 3 aliphatic heterocycles. The maximum absolute atomic E-state index is 14.0. The third kappa shape index (κ3) is 8.14. The van der Waals surface area contributed by atoms with Gasteiger partial charge in [0.1, 0.15) is 11.6 Å². The number of hydrogen-bond acceptors (Lipinski definition) is 6. The standard InChI is InChI=1S/C47H60N6O4/c1-9-33(54)24-36(46(2,3)4)44(56)52-18-10-12-40(52)38-23-32(26-49-38)28-14-16-34-30(20-28)22-31-21-29(15-17-35(31)34)39-27-50-43(51-39)41-13-11-19-53(41)45(57)37(47(5,6)7)25-42(55)48-8/h14-17,20-21,26-27,36-37,40-41H,9-13,18-19,22-25H2,1-8H3,(H,48,55)(H,50,51)/t36-,37-,40+,41+/m1/s1. The monoisotopic (exact) mass is 772 g/mol. The number of hydrogen-bond donors (Lipinski definition) is 2. The number of carbonyl (C=O) groups is 4. The summed E-state index contributed by atoms with van der Waals surface area (Å²) in [4.78, 5) is 69.9. The summed E-state index contributed by atoms with van der Waals surface area (Å²) < 4.78 is 0. The molecule has 1 aromatic heterocycles. The van der Waals surface area contributed by atoms with Crippen LogP contribution >= 0.6 is 0 Å². The molecule has 0 radical (unpaired) electrons. The maximum atomic E-state index is 14.0. The highest BCUT2D eigenvalue weighted by atomic mass is 16.2. The van der Waals surface area contributed by atoms with E-state index in [1.165, 1.54) is 27.8 Å². The minimum Gasteiger partial charge on any atom is -0.359 e. The van der Waals surface area contributed by atoms with Gasteiger partial charge >= 0.3 is 0 Å². The lowest BCUT2D eigenvalue weighted by atomic mass is 9.76. The molecule has 2 aromatic carbocycles. The number of aromatic nitrogens is 2. The fourth-order valence-electron chi connectivity index (χ4n) is 9.34. The van der Waals surface area contributed by atoms with Crippen LogP contribution in [-0.4, -0.2) is 75.2 Å². The third-order valence-electron chi connectivity index (χ3n) is 12.9. The van der Waals surface area contributed by atoms with Gasteiger partial charge in [0.25, 0.3) is 0 Å². The largest absolute Gasteiger partial charge is 0.359 e. The smallest absolute Gasteiger partial charge is 0.227 e. The van der Waals surface area contributed by atoms with Crippen LogP contribution in [0.5, 0.6) is 0 Å². The summed E-state index contributed by atoms with van der Waals surface area (Å²) >= 11 is 0. The lowest BCUT2D eigenvalue weighted by molar-refractivity contribution is -0.143. The van der Waals surface area contributed by atoms with Gasteiger partial charge in [-0.1, -0.05) is 78.8 Å². The van der Waals surface area contributed by atoms with Crippen LogP contribution in [0, 0.1) is 22.7 Å². The van der Waals surface area contributed by atoms with Crippen molar-refractivity contribution in [2.24, 2.45) is 27.7 Å². The number of ketones is 1. The molecule has 2 saturated heterocycles. The van der Waals surface area contributed by atoms with E-state index in [2.05, 4.69) is 67.5 Å². The van der Waals surface area contributed by atoms with Crippen LogP contribution in [0.1, 0.15) is 128 Å². The molecule has 7 rings (SSSR count). The molecule has 4 heterocycles. The number of imidazole rings is 1. The number of benzene rings is 2. The highest BCUT2D eigenvalue weighted by Crippen LogP contribution is 2.42. The van der Waals surface area contributed by atoms with Crippen molar-refractivity contribution < 1.29 is 19.2 Å². The van der Waals surface area contributed by atoms with E-state index in [9.17, 15) is 19.2 Å². The number of allylic oxidation sites excluding steroid dienone is 1. The first-order valence-corrected chi connectivity index (χ1v) is 21.0. The molecule has 4 aliphatic rings. The summed E-state index contributed by atoms with van der Waals surface area (Å²) in [5, 5.41) is 2.69. The summed E-state index contributed by atoms with van der Waals surface area (Å²) in [5.41, 5.74) is 9.75. The molecule has 10 heteroatoms. The van der Waals surface area contributed by atoms with E-state index in [4.69, 9.17) is 9.98 Å². The quantitative estimate of drug-likeness (QED) is 0.159. The van der Waals surface area contributed by atoms with Gasteiger partial charge in [-0.05, 0) is 88.0 Å². The molecule has 3 amide bonds. The Morgan fingerprint density at radius 1 is 0.807 bits per heavy atom. The van der Waals surface area contributed by atoms with E-state index >= 15 is 0 Å². The lowest BCUT2D eigenvalue weighted by Crippen LogP contribution is -2.47. The van der Waals surface area contributed by atoms with Crippen LogP contribution < -0.4 is 5.32 Å². The first kappa shape index (κ1) is 40.3. The number of nitrogens with one attached hydrogen (secondary N) is 2. The zero-order chi connectivity index (χ0) is 40.8. The van der Waals surface area contributed by atoms with Crippen molar-refractivity contribution in [3.63, 3.8) is 0 Å². The molecule has 2 fully saturated rings. The predicted molar refractivity (Wildman–Crippen MR) is 225 cm³/mol. The van der Waals surface area contributed by atoms with Crippen molar-refractivity contribution in [1.29, 1.82) is 0 Å². The number of H-pyrrole nitrogens is 1. The zero-order valence-corrected chi connectivity index (χ0v) is 35.1. The van der Waals surface area contributed by atoms with Crippen molar-refractivity contribution in [2.45, 2.75) is 118 Å². The Labute approximate surface area is 338 Å². The average Bonchev–Trinajstić information content (AvgIpc) is 4.02. The van der Waals surface area contributed by atoms with Crippen LogP contribution in [0.2, 0.25) is 0 Å². The van der Waals surface area contributed by atoms with Gasteiger partial charge in [-0.3, -0.25) is 24.2 Å². The van der Waals surface area contributed by atoms with E-state index in [-0.39, 0.29) is 58.8 Å². The Morgan fingerprint density at radius 2 is 1.39 bits per heavy atom. The number of fused-ring (bicyclic) bond motifs is 3. The number of aromatic amines is 1. The van der Waals surface area contributed by atoms with E-state index in [1.54, 1.807) is 7.05 Å². The fraction of sp³-hybridized carbons (Fsp3) is 0.532. The van der Waals surface area contributed by atoms with Gasteiger partial charge in [-0.25, -0.2) is 4.98 Å². The molecule has 302 valence electrons. The van der Waals surface area contributed by atoms with Crippen molar-refractivity contribution in [3.8, 4) is 22.4 Å². The molecule has 4 atom stereocenters. The summed E-state index contributed by atoms with van der Waals surface area (Å²) in [7, 11) is 1.61. The lowest BCUT2D eigenvalue weighted by Gasteiger charge is -2.35. The Bertz CT molecular complexity index is 2130. The SMILES string of the molecule is CCC(=O)C[C@H](C(=O)N1CCC[C@H]1C1=NC=C(c2ccc3c(c2)Cc2cc(-c4cnc([C@@H]5CCCN5C(=O)[C@@H](CC(=O)NC)C(C)(C)C)[nH]4)ccc2-3)C1)C(C)(C)C. The first-order chi connectivity index (χ1) is 27.1. The molecule has 0 spiro atoms. The number of likely N-dealkylation sites (tertiary alicyclic amines) is 2. The molecule has 10 nitrogen and oxygen atoms in total. The fourth-order valence-corrected chi connectivity index (χ4v) is 9.34. The Balaban J connectivity index is 1.02. The maximum Gasteiger partial charge on any atom is 0.227 e. The van der Waals surface area contributed by atoms with Crippen LogP contribution in [-0.2, 0) is 25.6 Å². The minimum absolute atomic E-state index is 0.0127. The molecular formula is C47H60N6O4. The third-order valence-corrected chi connectivity index (χ3v) is 12.9. The molecule has 2 N–H and O–H groups in total. The highest BCUT2D eigenvalue weighted by molar-refractivity contribution is 6.04. The molecule has 0 unspecified atom stereocenters. The number of nitrogens with zero attached hydrogens (tertiary/aromatic N) is 4. The summed E-state index contributed by atoms with van der Waals surface area (Å²) in [6, 6.07) is 13.2. The second-order valence-corrected chi connectivity index (χ2v) is 18.7. The number of Topliss-reactive ketones (excluding diaryl/α,β-unsaturated/α-hetero) is 1. The van der Waals surface area contributed by atoms with E-state index in [0.717, 1.165) is 66.9 Å². The second kappa shape index (κ2) is 15.8. The van der Waals surface area contributed by atoms with Crippen molar-refractivity contribution in [2.75, 3.05) is 20.1 Å². The average molecular weight is 773 g/mol. The Hall–Kier alpha value is -4.86. The molecular weight excluding hydrogens is 713 g/mol. The predicted octanol–water partition coefficient (Wildman–Crippen LogP) is 8.32. The van der Waals surface area contributed by atoms with Crippen LogP contribution in [0.25, 0.3) is 28.0 Å². The minimum atomic E-state index is -0.421. The van der Waals surface area contributed by atoms with Crippen LogP contribution in [0.4, 0.5) is 0 Å². The van der Waals surface area contributed by atoms with Gasteiger partial charge in [-0.2, -0.15) is 0 Å². The van der Waals surface area contributed by atoms with Crippen LogP contribution in [0.15, 0.2) is 53.8 Å². The Kier molecular flexibility index (Phi) is 11.2. The normalized spacial score (nSPS) is 20.2. The van der Waals surface area contributed by atoms with Crippen molar-refractivity contribution in [3.05, 3.63) is 71.3 Å². The number of amides is 3. The van der Waals surface area contributed by atoms with Crippen molar-refractivity contribution in [1.82, 2.24) is 25.1 Å². The summed E-state index contributed by atoms with van der Waals surface area (Å²) in [6.45, 7) is 15.5. The highest BCUT2D eigenvalue weighted by Gasteiger charge is 2.43. The van der Waals surface area contributed by atoms with Gasteiger partial charge in [0.05, 0.1) is 29.9 Å². The second-order valence-electron chi connectivity index (χ2n) is 18.7. The first-order valence-electron chi connectivity index (χ1n) is 21.0. The van der Waals surface area contributed by atoms with Gasteiger partial charge in [-0.15, -0.1) is 0 Å². The summed E-state index contributed by atoms with van der Waals surface area (Å²) in [6.07, 6.45) is 9.89. The van der Waals surface area contributed by atoms with Crippen molar-refractivity contribution >= 4 is 34.8 Å². The van der Waals surface area contributed by atoms with Gasteiger partial charge in [0, 0.05) is 63.7 Å². The number of rotatable bonds is 11. The Morgan fingerprint density at radius 3 is 2.00 bits per heavy atom. The van der Waals surface area contributed by atoms with E-state index in [0.29, 0.717) is 25.9 Å². The molecule has 0 saturated carbocycles. The molecule has 0 bridgehead atoms. The summed E-state index contributed by atoms with van der Waals surface area (Å²) in [5.74, 6) is 0.141. The van der Waals surface area contributed by atoms with Gasteiger partial charge in [0.2, 0.25) is 17.7 Å². The van der Waals surface area contributed by atoms with E-state index in [1.807, 2.05) is 49.9 Å². The zero-order valence-electron chi connectivity index (χ0n) is 35.1. The molecule has 57 heavy (non-hydrogen) atoms.